The van der Waals surface area contributed by atoms with E-state index in [2.05, 4.69) is 5.32 Å². The summed E-state index contributed by atoms with van der Waals surface area (Å²) in [4.78, 5) is 11.9. The van der Waals surface area contributed by atoms with E-state index >= 15 is 0 Å². The maximum absolute atomic E-state index is 11.9. The van der Waals surface area contributed by atoms with E-state index in [1.807, 2.05) is 39.0 Å². The fourth-order valence-electron chi connectivity index (χ4n) is 1.93. The third-order valence-corrected chi connectivity index (χ3v) is 3.52. The molecule has 0 radical (unpaired) electrons. The number of aryl methyl sites for hydroxylation is 3. The van der Waals surface area contributed by atoms with E-state index in [4.69, 9.17) is 16.3 Å². The van der Waals surface area contributed by atoms with Gasteiger partial charge in [0.1, 0.15) is 5.75 Å². The predicted octanol–water partition coefficient (Wildman–Crippen LogP) is 4.28. The van der Waals surface area contributed by atoms with E-state index < -0.39 is 0 Å². The molecule has 0 atom stereocenters. The van der Waals surface area contributed by atoms with Crippen LogP contribution in [0.2, 0.25) is 5.02 Å². The van der Waals surface area contributed by atoms with E-state index in [1.54, 1.807) is 18.2 Å². The van der Waals surface area contributed by atoms with Crippen LogP contribution < -0.4 is 10.1 Å². The summed E-state index contributed by atoms with van der Waals surface area (Å²) >= 11 is 5.88. The van der Waals surface area contributed by atoms with Crippen molar-refractivity contribution in [3.05, 3.63) is 58.1 Å². The average Bonchev–Trinajstić information content (AvgIpc) is 2.42. The molecule has 3 nitrogen and oxygen atoms in total. The van der Waals surface area contributed by atoms with Crippen molar-refractivity contribution in [1.29, 1.82) is 0 Å². The average molecular weight is 304 g/mol. The minimum absolute atomic E-state index is 0.0323. The lowest BCUT2D eigenvalue weighted by atomic mass is 10.1. The van der Waals surface area contributed by atoms with Gasteiger partial charge >= 0.3 is 0 Å². The molecule has 0 unspecified atom stereocenters. The highest BCUT2D eigenvalue weighted by Crippen LogP contribution is 2.21. The van der Waals surface area contributed by atoms with Crippen molar-refractivity contribution in [2.45, 2.75) is 20.8 Å². The van der Waals surface area contributed by atoms with Crippen molar-refractivity contribution in [3.63, 3.8) is 0 Å². The molecule has 2 aromatic carbocycles. The van der Waals surface area contributed by atoms with Crippen molar-refractivity contribution in [2.24, 2.45) is 0 Å². The quantitative estimate of drug-likeness (QED) is 0.915. The van der Waals surface area contributed by atoms with E-state index in [0.29, 0.717) is 10.8 Å². The van der Waals surface area contributed by atoms with Crippen LogP contribution in [-0.4, -0.2) is 12.5 Å². The molecule has 1 N–H and O–H groups in total. The van der Waals surface area contributed by atoms with Crippen LogP contribution in [0.25, 0.3) is 0 Å². The minimum atomic E-state index is -0.187. The van der Waals surface area contributed by atoms with Gasteiger partial charge < -0.3 is 10.1 Å². The summed E-state index contributed by atoms with van der Waals surface area (Å²) in [5.41, 5.74) is 4.02. The van der Waals surface area contributed by atoms with Crippen molar-refractivity contribution >= 4 is 23.2 Å². The molecule has 0 aliphatic rings. The Morgan fingerprint density at radius 2 is 1.81 bits per heavy atom. The Balaban J connectivity index is 1.94. The van der Waals surface area contributed by atoms with Gasteiger partial charge in [-0.15, -0.1) is 0 Å². The lowest BCUT2D eigenvalue weighted by molar-refractivity contribution is -0.118. The van der Waals surface area contributed by atoms with Crippen molar-refractivity contribution in [1.82, 2.24) is 0 Å². The number of carbonyl (C=O) groups excluding carboxylic acids is 1. The van der Waals surface area contributed by atoms with Gasteiger partial charge in [-0.3, -0.25) is 4.79 Å². The minimum Gasteiger partial charge on any atom is -0.483 e. The normalized spacial score (nSPS) is 10.3. The molecule has 0 spiro atoms. The van der Waals surface area contributed by atoms with Crippen LogP contribution in [0.15, 0.2) is 36.4 Å². The van der Waals surface area contributed by atoms with Gasteiger partial charge in [-0.1, -0.05) is 17.7 Å². The first-order chi connectivity index (χ1) is 9.95. The number of ether oxygens (including phenoxy) is 1. The third-order valence-electron chi connectivity index (χ3n) is 3.29. The molecule has 21 heavy (non-hydrogen) atoms. The van der Waals surface area contributed by atoms with E-state index in [-0.39, 0.29) is 12.5 Å². The number of carbonyl (C=O) groups is 1. The van der Waals surface area contributed by atoms with Crippen LogP contribution in [0.1, 0.15) is 16.7 Å². The second-order valence-corrected chi connectivity index (χ2v) is 5.48. The van der Waals surface area contributed by atoms with Crippen LogP contribution in [0.4, 0.5) is 5.69 Å². The molecule has 2 aromatic rings. The monoisotopic (exact) mass is 303 g/mol. The highest BCUT2D eigenvalue weighted by Gasteiger charge is 2.06. The molecule has 0 saturated carbocycles. The number of nitrogens with one attached hydrogen (secondary N) is 1. The van der Waals surface area contributed by atoms with Crippen LogP contribution in [-0.2, 0) is 4.79 Å². The molecule has 0 aromatic heterocycles. The summed E-state index contributed by atoms with van der Waals surface area (Å²) in [6.45, 7) is 5.91. The number of hydrogen-bond acceptors (Lipinski definition) is 2. The van der Waals surface area contributed by atoms with Gasteiger partial charge in [0.25, 0.3) is 5.91 Å². The van der Waals surface area contributed by atoms with Crippen LogP contribution in [0.5, 0.6) is 5.75 Å². The van der Waals surface area contributed by atoms with Gasteiger partial charge in [-0.2, -0.15) is 0 Å². The Morgan fingerprint density at radius 3 is 2.48 bits per heavy atom. The summed E-state index contributed by atoms with van der Waals surface area (Å²) < 4.78 is 5.51. The van der Waals surface area contributed by atoms with Gasteiger partial charge in [0.05, 0.1) is 0 Å². The smallest absolute Gasteiger partial charge is 0.262 e. The molecule has 0 bridgehead atoms. The molecule has 2 rings (SSSR count). The number of benzene rings is 2. The number of halogens is 1. The second kappa shape index (κ2) is 6.64. The first-order valence-electron chi connectivity index (χ1n) is 6.72. The summed E-state index contributed by atoms with van der Waals surface area (Å²) in [6, 6.07) is 11.1. The topological polar surface area (TPSA) is 38.3 Å². The Hall–Kier alpha value is -2.00. The molecule has 1 amide bonds. The zero-order valence-electron chi connectivity index (χ0n) is 12.4. The third kappa shape index (κ3) is 4.23. The van der Waals surface area contributed by atoms with E-state index in [9.17, 15) is 4.79 Å². The summed E-state index contributed by atoms with van der Waals surface area (Å²) in [7, 11) is 0. The molecule has 110 valence electrons. The molecule has 0 aliphatic carbocycles. The van der Waals surface area contributed by atoms with E-state index in [1.165, 1.54) is 5.56 Å². The van der Waals surface area contributed by atoms with Gasteiger partial charge in [0.15, 0.2) is 6.61 Å². The zero-order chi connectivity index (χ0) is 15.4. The van der Waals surface area contributed by atoms with Gasteiger partial charge in [-0.05, 0) is 67.8 Å². The molecule has 0 aliphatic heterocycles. The Kier molecular flexibility index (Phi) is 4.86. The van der Waals surface area contributed by atoms with Gasteiger partial charge in [0.2, 0.25) is 0 Å². The first kappa shape index (κ1) is 15.4. The van der Waals surface area contributed by atoms with Crippen LogP contribution >= 0.6 is 11.6 Å². The summed E-state index contributed by atoms with van der Waals surface area (Å²) in [5.74, 6) is 0.474. The molecule has 0 saturated heterocycles. The second-order valence-electron chi connectivity index (χ2n) is 5.05. The molecular formula is C17H18ClNO2. The highest BCUT2D eigenvalue weighted by molar-refractivity contribution is 6.30. The Bertz CT molecular complexity index is 668. The van der Waals surface area contributed by atoms with Crippen LogP contribution in [0, 0.1) is 20.8 Å². The number of rotatable bonds is 4. The maximum Gasteiger partial charge on any atom is 0.262 e. The largest absolute Gasteiger partial charge is 0.483 e. The Morgan fingerprint density at radius 1 is 1.05 bits per heavy atom. The maximum atomic E-state index is 11.9. The van der Waals surface area contributed by atoms with E-state index in [0.717, 1.165) is 16.8 Å². The fraction of sp³-hybridized carbons (Fsp3) is 0.235. The Labute approximate surface area is 129 Å². The molecule has 0 fully saturated rings. The summed E-state index contributed by atoms with van der Waals surface area (Å²) in [6.07, 6.45) is 0. The molecular weight excluding hydrogens is 286 g/mol. The predicted molar refractivity (Wildman–Crippen MR) is 86.2 cm³/mol. The van der Waals surface area contributed by atoms with Crippen molar-refractivity contribution in [3.8, 4) is 5.75 Å². The SMILES string of the molecule is Cc1ccc(NC(=O)COc2ccc(Cl)cc2C)cc1C. The highest BCUT2D eigenvalue weighted by atomic mass is 35.5. The number of anilines is 1. The molecule has 0 heterocycles. The first-order valence-corrected chi connectivity index (χ1v) is 7.09. The molecule has 4 heteroatoms. The van der Waals surface area contributed by atoms with Gasteiger partial charge in [0, 0.05) is 10.7 Å². The number of amides is 1. The van der Waals surface area contributed by atoms with Crippen molar-refractivity contribution < 1.29 is 9.53 Å². The fourth-order valence-corrected chi connectivity index (χ4v) is 2.16. The van der Waals surface area contributed by atoms with Crippen LogP contribution in [0.3, 0.4) is 0 Å². The lowest BCUT2D eigenvalue weighted by Crippen LogP contribution is -2.20. The van der Waals surface area contributed by atoms with Crippen molar-refractivity contribution in [2.75, 3.05) is 11.9 Å². The lowest BCUT2D eigenvalue weighted by Gasteiger charge is -2.10. The van der Waals surface area contributed by atoms with Gasteiger partial charge in [-0.25, -0.2) is 0 Å². The zero-order valence-corrected chi connectivity index (χ0v) is 13.1. The summed E-state index contributed by atoms with van der Waals surface area (Å²) in [5, 5.41) is 3.47. The standard InChI is InChI=1S/C17H18ClNO2/c1-11-4-6-15(9-12(11)2)19-17(20)10-21-16-7-5-14(18)8-13(16)3/h4-9H,10H2,1-3H3,(H,19,20). The number of hydrogen-bond donors (Lipinski definition) is 1.